The van der Waals surface area contributed by atoms with E-state index in [4.69, 9.17) is 0 Å². The van der Waals surface area contributed by atoms with E-state index in [9.17, 15) is 9.59 Å². The summed E-state index contributed by atoms with van der Waals surface area (Å²) >= 11 is 0. The first-order chi connectivity index (χ1) is 8.47. The standard InChI is InChI=1S/C13H15N3O2/c1-8(17)6-13(18)16(3)10-4-5-11-12(7-10)15-9(2)14-11/h4-5,7H,6H2,1-3H3,(H,14,15). The van der Waals surface area contributed by atoms with E-state index in [1.165, 1.54) is 11.8 Å². The number of nitrogens with zero attached hydrogens (tertiary/aromatic N) is 2. The van der Waals surface area contributed by atoms with Crippen LogP contribution in [0.1, 0.15) is 19.2 Å². The Morgan fingerprint density at radius 1 is 1.39 bits per heavy atom. The quantitative estimate of drug-likeness (QED) is 0.839. The fourth-order valence-electron chi connectivity index (χ4n) is 1.81. The first-order valence-corrected chi connectivity index (χ1v) is 5.70. The number of hydrogen-bond acceptors (Lipinski definition) is 3. The van der Waals surface area contributed by atoms with Gasteiger partial charge in [0.05, 0.1) is 17.5 Å². The van der Waals surface area contributed by atoms with Gasteiger partial charge in [0.2, 0.25) is 5.91 Å². The number of imidazole rings is 1. The van der Waals surface area contributed by atoms with Crippen molar-refractivity contribution >= 4 is 28.4 Å². The van der Waals surface area contributed by atoms with Crippen LogP contribution in [-0.2, 0) is 9.59 Å². The van der Waals surface area contributed by atoms with Crippen molar-refractivity contribution in [2.75, 3.05) is 11.9 Å². The number of aromatic nitrogens is 2. The van der Waals surface area contributed by atoms with Crippen LogP contribution in [0.25, 0.3) is 11.0 Å². The Morgan fingerprint density at radius 2 is 2.11 bits per heavy atom. The molecule has 1 heterocycles. The molecule has 2 aromatic rings. The van der Waals surface area contributed by atoms with Gasteiger partial charge in [0.1, 0.15) is 11.6 Å². The molecule has 5 nitrogen and oxygen atoms in total. The molecule has 0 radical (unpaired) electrons. The Hall–Kier alpha value is -2.17. The lowest BCUT2D eigenvalue weighted by Gasteiger charge is -2.16. The van der Waals surface area contributed by atoms with E-state index >= 15 is 0 Å². The molecular formula is C13H15N3O2. The van der Waals surface area contributed by atoms with Crippen LogP contribution in [-0.4, -0.2) is 28.7 Å². The van der Waals surface area contributed by atoms with Gasteiger partial charge in [-0.05, 0) is 32.0 Å². The van der Waals surface area contributed by atoms with Gasteiger partial charge in [-0.1, -0.05) is 0 Å². The first kappa shape index (κ1) is 12.3. The third kappa shape index (κ3) is 2.40. The molecule has 0 unspecified atom stereocenters. The van der Waals surface area contributed by atoms with Gasteiger partial charge in [-0.15, -0.1) is 0 Å². The molecule has 0 spiro atoms. The third-order valence-corrected chi connectivity index (χ3v) is 2.75. The average molecular weight is 245 g/mol. The van der Waals surface area contributed by atoms with Gasteiger partial charge in [0.25, 0.3) is 0 Å². The topological polar surface area (TPSA) is 66.1 Å². The average Bonchev–Trinajstić information content (AvgIpc) is 2.65. The number of H-pyrrole nitrogens is 1. The molecule has 0 bridgehead atoms. The predicted octanol–water partition coefficient (Wildman–Crippen LogP) is 1.81. The van der Waals surface area contributed by atoms with E-state index in [1.807, 2.05) is 25.1 Å². The number of Topliss-reactive ketones (excluding diaryl/α,β-unsaturated/α-hetero) is 1. The molecule has 0 aliphatic rings. The van der Waals surface area contributed by atoms with Crippen LogP contribution in [0, 0.1) is 6.92 Å². The number of aryl methyl sites for hydroxylation is 1. The van der Waals surface area contributed by atoms with Gasteiger partial charge in [-0.2, -0.15) is 0 Å². The Kier molecular flexibility index (Phi) is 3.14. The summed E-state index contributed by atoms with van der Waals surface area (Å²) in [6, 6.07) is 5.53. The lowest BCUT2D eigenvalue weighted by molar-refractivity contribution is -0.125. The minimum atomic E-state index is -0.210. The van der Waals surface area contributed by atoms with Crippen molar-refractivity contribution in [3.8, 4) is 0 Å². The maximum Gasteiger partial charge on any atom is 0.234 e. The van der Waals surface area contributed by atoms with Crippen molar-refractivity contribution in [1.29, 1.82) is 0 Å². The van der Waals surface area contributed by atoms with Crippen molar-refractivity contribution < 1.29 is 9.59 Å². The van der Waals surface area contributed by atoms with Gasteiger partial charge in [-0.25, -0.2) is 4.98 Å². The minimum absolute atomic E-state index is 0.0729. The van der Waals surface area contributed by atoms with Gasteiger partial charge < -0.3 is 9.88 Å². The molecule has 0 aliphatic carbocycles. The second-order valence-corrected chi connectivity index (χ2v) is 4.36. The lowest BCUT2D eigenvalue weighted by atomic mass is 10.2. The smallest absolute Gasteiger partial charge is 0.234 e. The first-order valence-electron chi connectivity index (χ1n) is 5.70. The number of benzene rings is 1. The highest BCUT2D eigenvalue weighted by Gasteiger charge is 2.13. The van der Waals surface area contributed by atoms with Crippen LogP contribution >= 0.6 is 0 Å². The maximum atomic E-state index is 11.8. The molecule has 0 atom stereocenters. The van der Waals surface area contributed by atoms with Crippen molar-refractivity contribution in [3.05, 3.63) is 24.0 Å². The number of ketones is 1. The van der Waals surface area contributed by atoms with Crippen molar-refractivity contribution in [1.82, 2.24) is 9.97 Å². The van der Waals surface area contributed by atoms with Crippen LogP contribution in [0.4, 0.5) is 5.69 Å². The molecule has 2 rings (SSSR count). The number of rotatable bonds is 3. The number of nitrogens with one attached hydrogen (secondary N) is 1. The summed E-state index contributed by atoms with van der Waals surface area (Å²) in [6.07, 6.45) is -0.0729. The summed E-state index contributed by atoms with van der Waals surface area (Å²) in [5.41, 5.74) is 2.49. The van der Waals surface area contributed by atoms with E-state index in [1.54, 1.807) is 7.05 Å². The minimum Gasteiger partial charge on any atom is -0.342 e. The number of amides is 1. The van der Waals surface area contributed by atoms with Gasteiger partial charge in [0, 0.05) is 12.7 Å². The second-order valence-electron chi connectivity index (χ2n) is 4.36. The monoisotopic (exact) mass is 245 g/mol. The summed E-state index contributed by atoms with van der Waals surface area (Å²) in [6.45, 7) is 3.29. The highest BCUT2D eigenvalue weighted by Crippen LogP contribution is 2.20. The van der Waals surface area contributed by atoms with Crippen LogP contribution in [0.3, 0.4) is 0 Å². The zero-order chi connectivity index (χ0) is 13.3. The number of hydrogen-bond donors (Lipinski definition) is 1. The fraction of sp³-hybridized carbons (Fsp3) is 0.308. The molecule has 1 amide bonds. The van der Waals surface area contributed by atoms with Crippen molar-refractivity contribution in [2.45, 2.75) is 20.3 Å². The third-order valence-electron chi connectivity index (χ3n) is 2.75. The summed E-state index contributed by atoms with van der Waals surface area (Å²) in [5, 5.41) is 0. The molecule has 1 aromatic carbocycles. The molecule has 5 heteroatoms. The van der Waals surface area contributed by atoms with E-state index in [0.29, 0.717) is 0 Å². The Balaban J connectivity index is 2.29. The fourth-order valence-corrected chi connectivity index (χ4v) is 1.81. The Bertz CT molecular complexity index is 616. The highest BCUT2D eigenvalue weighted by molar-refractivity contribution is 6.05. The molecule has 0 saturated heterocycles. The van der Waals surface area contributed by atoms with E-state index in [0.717, 1.165) is 22.5 Å². The van der Waals surface area contributed by atoms with E-state index < -0.39 is 0 Å². The largest absolute Gasteiger partial charge is 0.342 e. The van der Waals surface area contributed by atoms with Crippen LogP contribution in [0.15, 0.2) is 18.2 Å². The Morgan fingerprint density at radius 3 is 2.78 bits per heavy atom. The van der Waals surface area contributed by atoms with Gasteiger partial charge in [-0.3, -0.25) is 9.59 Å². The summed E-state index contributed by atoms with van der Waals surface area (Å²) < 4.78 is 0. The number of fused-ring (bicyclic) bond motifs is 1. The Labute approximate surface area is 105 Å². The molecule has 1 N–H and O–H groups in total. The normalized spacial score (nSPS) is 10.6. The van der Waals surface area contributed by atoms with Crippen LogP contribution in [0.5, 0.6) is 0 Å². The zero-order valence-corrected chi connectivity index (χ0v) is 10.7. The maximum absolute atomic E-state index is 11.8. The SMILES string of the molecule is CC(=O)CC(=O)N(C)c1ccc2nc(C)[nH]c2c1. The van der Waals surface area contributed by atoms with Gasteiger partial charge in [0.15, 0.2) is 0 Å². The number of carbonyl (C=O) groups is 2. The number of aromatic amines is 1. The number of anilines is 1. The summed E-state index contributed by atoms with van der Waals surface area (Å²) in [4.78, 5) is 31.6. The van der Waals surface area contributed by atoms with Crippen molar-refractivity contribution in [3.63, 3.8) is 0 Å². The van der Waals surface area contributed by atoms with Crippen molar-refractivity contribution in [2.24, 2.45) is 0 Å². The van der Waals surface area contributed by atoms with Crippen LogP contribution < -0.4 is 4.90 Å². The second kappa shape index (κ2) is 4.60. The summed E-state index contributed by atoms with van der Waals surface area (Å²) in [5.74, 6) is 0.489. The molecule has 1 aromatic heterocycles. The van der Waals surface area contributed by atoms with Crippen LogP contribution in [0.2, 0.25) is 0 Å². The molecule has 18 heavy (non-hydrogen) atoms. The van der Waals surface area contributed by atoms with E-state index in [2.05, 4.69) is 9.97 Å². The molecule has 0 fully saturated rings. The predicted molar refractivity (Wildman–Crippen MR) is 69.5 cm³/mol. The zero-order valence-electron chi connectivity index (χ0n) is 10.7. The number of carbonyl (C=O) groups excluding carboxylic acids is 2. The lowest BCUT2D eigenvalue weighted by Crippen LogP contribution is -2.27. The summed E-state index contributed by atoms with van der Waals surface area (Å²) in [7, 11) is 1.66. The molecule has 0 saturated carbocycles. The highest BCUT2D eigenvalue weighted by atomic mass is 16.2. The molecule has 0 aliphatic heterocycles. The molecule has 94 valence electrons. The van der Waals surface area contributed by atoms with E-state index in [-0.39, 0.29) is 18.1 Å². The van der Waals surface area contributed by atoms with Gasteiger partial charge >= 0.3 is 0 Å². The molecular weight excluding hydrogens is 230 g/mol.